The number of nitrogens with two attached hydrogens (primary N) is 2. The van der Waals surface area contributed by atoms with Crippen LogP contribution in [0.25, 0.3) is 0 Å². The van der Waals surface area contributed by atoms with Crippen LogP contribution in [-0.4, -0.2) is 22.8 Å². The number of aromatic nitrogens is 1. The van der Waals surface area contributed by atoms with Crippen LogP contribution >= 0.6 is 23.7 Å². The molecule has 0 saturated carbocycles. The smallest absolute Gasteiger partial charge is 0.268 e. The Morgan fingerprint density at radius 2 is 2.17 bits per heavy atom. The second-order valence-corrected chi connectivity index (χ2v) is 4.66. The Balaban J connectivity index is 0.00000289. The van der Waals surface area contributed by atoms with Gasteiger partial charge < -0.3 is 16.8 Å². The van der Waals surface area contributed by atoms with Gasteiger partial charge in [-0.3, -0.25) is 9.59 Å². The van der Waals surface area contributed by atoms with E-state index in [0.29, 0.717) is 5.13 Å². The van der Waals surface area contributed by atoms with E-state index in [2.05, 4.69) is 10.3 Å². The van der Waals surface area contributed by atoms with E-state index in [4.69, 9.17) is 11.5 Å². The summed E-state index contributed by atoms with van der Waals surface area (Å²) >= 11 is 1.14. The Bertz CT molecular complexity index is 424. The number of carbonyl (C=O) groups is 2. The van der Waals surface area contributed by atoms with Gasteiger partial charge in [-0.05, 0) is 5.92 Å². The van der Waals surface area contributed by atoms with Crippen LogP contribution in [0.3, 0.4) is 0 Å². The average molecular weight is 293 g/mol. The van der Waals surface area contributed by atoms with Crippen molar-refractivity contribution in [2.75, 3.05) is 5.32 Å². The molecule has 8 heteroatoms. The van der Waals surface area contributed by atoms with E-state index in [1.807, 2.05) is 13.8 Å². The lowest BCUT2D eigenvalue weighted by Gasteiger charge is -2.16. The lowest BCUT2D eigenvalue weighted by atomic mass is 10.00. The van der Waals surface area contributed by atoms with Gasteiger partial charge in [-0.15, -0.1) is 23.7 Å². The fourth-order valence-corrected chi connectivity index (χ4v) is 1.85. The maximum absolute atomic E-state index is 11.7. The Labute approximate surface area is 116 Å². The first-order valence-electron chi connectivity index (χ1n) is 5.27. The number of anilines is 1. The van der Waals surface area contributed by atoms with Gasteiger partial charge in [0.2, 0.25) is 5.91 Å². The van der Waals surface area contributed by atoms with Crippen LogP contribution in [0.5, 0.6) is 0 Å². The summed E-state index contributed by atoms with van der Waals surface area (Å²) in [6, 6.07) is -0.582. The van der Waals surface area contributed by atoms with Crippen LogP contribution in [0.2, 0.25) is 0 Å². The van der Waals surface area contributed by atoms with Crippen molar-refractivity contribution in [2.24, 2.45) is 17.4 Å². The Hall–Kier alpha value is -1.18. The molecule has 18 heavy (non-hydrogen) atoms. The van der Waals surface area contributed by atoms with Gasteiger partial charge in [-0.2, -0.15) is 0 Å². The number of hydrogen-bond acceptors (Lipinski definition) is 5. The molecule has 0 radical (unpaired) electrons. The van der Waals surface area contributed by atoms with Crippen LogP contribution in [0.15, 0.2) is 5.38 Å². The Morgan fingerprint density at radius 1 is 1.56 bits per heavy atom. The maximum atomic E-state index is 11.7. The maximum Gasteiger partial charge on any atom is 0.268 e. The number of carbonyl (C=O) groups excluding carboxylic acids is 2. The molecule has 1 aromatic rings. The van der Waals surface area contributed by atoms with Gasteiger partial charge in [0.05, 0.1) is 6.04 Å². The molecular weight excluding hydrogens is 276 g/mol. The standard InChI is InChI=1S/C10H16N4O2S.ClH/c1-3-5(2)7(11)9(16)14-10-13-6(4-17-10)8(12)15;/h4-5,7H,3,11H2,1-2H3,(H2,12,15)(H,13,14,16);1H. The van der Waals surface area contributed by atoms with E-state index in [1.54, 1.807) is 0 Å². The third-order valence-electron chi connectivity index (χ3n) is 2.55. The zero-order chi connectivity index (χ0) is 13.0. The highest BCUT2D eigenvalue weighted by Gasteiger charge is 2.20. The fourth-order valence-electron chi connectivity index (χ4n) is 1.15. The quantitative estimate of drug-likeness (QED) is 0.751. The van der Waals surface area contributed by atoms with Crippen molar-refractivity contribution in [3.8, 4) is 0 Å². The van der Waals surface area contributed by atoms with Gasteiger partial charge in [0.1, 0.15) is 5.69 Å². The molecule has 0 fully saturated rings. The van der Waals surface area contributed by atoms with E-state index in [9.17, 15) is 9.59 Å². The fraction of sp³-hybridized carbons (Fsp3) is 0.500. The van der Waals surface area contributed by atoms with E-state index < -0.39 is 11.9 Å². The molecule has 2 amide bonds. The Morgan fingerprint density at radius 3 is 2.61 bits per heavy atom. The van der Waals surface area contributed by atoms with Crippen LogP contribution in [0.1, 0.15) is 30.8 Å². The van der Waals surface area contributed by atoms with Crippen molar-refractivity contribution >= 4 is 40.7 Å². The molecule has 1 aromatic heterocycles. The first kappa shape index (κ1) is 16.8. The minimum Gasteiger partial charge on any atom is -0.364 e. The summed E-state index contributed by atoms with van der Waals surface area (Å²) in [6.45, 7) is 3.87. The summed E-state index contributed by atoms with van der Waals surface area (Å²) in [5.41, 5.74) is 11.0. The van der Waals surface area contributed by atoms with Crippen molar-refractivity contribution in [1.29, 1.82) is 0 Å². The molecule has 6 nitrogen and oxygen atoms in total. The van der Waals surface area contributed by atoms with Crippen molar-refractivity contribution < 1.29 is 9.59 Å². The monoisotopic (exact) mass is 292 g/mol. The lowest BCUT2D eigenvalue weighted by Crippen LogP contribution is -2.40. The van der Waals surface area contributed by atoms with Crippen LogP contribution in [-0.2, 0) is 4.79 Å². The zero-order valence-corrected chi connectivity index (χ0v) is 11.8. The molecule has 102 valence electrons. The first-order valence-corrected chi connectivity index (χ1v) is 6.15. The van der Waals surface area contributed by atoms with Gasteiger partial charge in [0, 0.05) is 5.38 Å². The predicted molar refractivity (Wildman–Crippen MR) is 73.9 cm³/mol. The summed E-state index contributed by atoms with van der Waals surface area (Å²) in [6.07, 6.45) is 0.818. The third kappa shape index (κ3) is 4.25. The van der Waals surface area contributed by atoms with Crippen LogP contribution < -0.4 is 16.8 Å². The van der Waals surface area contributed by atoms with Gasteiger partial charge in [-0.25, -0.2) is 4.98 Å². The summed E-state index contributed by atoms with van der Waals surface area (Å²) in [5.74, 6) is -0.830. The SMILES string of the molecule is CCC(C)C(N)C(=O)Nc1nc(C(N)=O)cs1.Cl. The molecule has 0 saturated heterocycles. The normalized spacial score (nSPS) is 13.3. The molecular formula is C10H17ClN4O2S. The number of hydrogen-bond donors (Lipinski definition) is 3. The summed E-state index contributed by atoms with van der Waals surface area (Å²) < 4.78 is 0. The molecule has 0 aliphatic heterocycles. The van der Waals surface area contributed by atoms with Gasteiger partial charge in [-0.1, -0.05) is 20.3 Å². The Kier molecular flexibility index (Phi) is 6.82. The molecule has 0 spiro atoms. The van der Waals surface area contributed by atoms with Gasteiger partial charge in [0.25, 0.3) is 5.91 Å². The topological polar surface area (TPSA) is 111 Å². The zero-order valence-electron chi connectivity index (χ0n) is 10.2. The van der Waals surface area contributed by atoms with Crippen LogP contribution in [0, 0.1) is 5.92 Å². The number of rotatable bonds is 5. The third-order valence-corrected chi connectivity index (χ3v) is 3.30. The first-order chi connectivity index (χ1) is 7.95. The van der Waals surface area contributed by atoms with Crippen molar-refractivity contribution in [2.45, 2.75) is 26.3 Å². The van der Waals surface area contributed by atoms with E-state index in [1.165, 1.54) is 5.38 Å². The molecule has 0 aromatic carbocycles. The number of amides is 2. The molecule has 5 N–H and O–H groups in total. The largest absolute Gasteiger partial charge is 0.364 e. The summed E-state index contributed by atoms with van der Waals surface area (Å²) in [4.78, 5) is 26.4. The highest BCUT2D eigenvalue weighted by Crippen LogP contribution is 2.16. The second kappa shape index (κ2) is 7.30. The number of nitrogens with one attached hydrogen (secondary N) is 1. The summed E-state index contributed by atoms with van der Waals surface area (Å²) in [7, 11) is 0. The molecule has 2 atom stereocenters. The number of nitrogens with zero attached hydrogens (tertiary/aromatic N) is 1. The minimum absolute atomic E-state index is 0. The number of halogens is 1. The molecule has 0 aliphatic rings. The van der Waals surface area contributed by atoms with Crippen molar-refractivity contribution in [3.05, 3.63) is 11.1 Å². The minimum atomic E-state index is -0.618. The van der Waals surface area contributed by atoms with Crippen molar-refractivity contribution in [1.82, 2.24) is 4.98 Å². The highest BCUT2D eigenvalue weighted by molar-refractivity contribution is 7.14. The molecule has 2 unspecified atom stereocenters. The molecule has 1 rings (SSSR count). The molecule has 0 bridgehead atoms. The van der Waals surface area contributed by atoms with Gasteiger partial charge in [0.15, 0.2) is 5.13 Å². The van der Waals surface area contributed by atoms with Crippen molar-refractivity contribution in [3.63, 3.8) is 0 Å². The highest BCUT2D eigenvalue weighted by atomic mass is 35.5. The van der Waals surface area contributed by atoms with E-state index in [-0.39, 0.29) is 29.9 Å². The average Bonchev–Trinajstić information content (AvgIpc) is 2.75. The lowest BCUT2D eigenvalue weighted by molar-refractivity contribution is -0.118. The van der Waals surface area contributed by atoms with E-state index in [0.717, 1.165) is 17.8 Å². The molecule has 0 aliphatic carbocycles. The summed E-state index contributed by atoms with van der Waals surface area (Å²) in [5, 5.41) is 4.40. The van der Waals surface area contributed by atoms with Gasteiger partial charge >= 0.3 is 0 Å². The predicted octanol–water partition coefficient (Wildman–Crippen LogP) is 0.976. The number of primary amides is 1. The molecule has 1 heterocycles. The van der Waals surface area contributed by atoms with E-state index >= 15 is 0 Å². The number of thiazole rings is 1. The van der Waals surface area contributed by atoms with Crippen LogP contribution in [0.4, 0.5) is 5.13 Å². The second-order valence-electron chi connectivity index (χ2n) is 3.80.